The number of ether oxygens (including phenoxy) is 1. The van der Waals surface area contributed by atoms with E-state index in [9.17, 15) is 9.18 Å². The molecular weight excluding hydrogens is 327 g/mol. The summed E-state index contributed by atoms with van der Waals surface area (Å²) in [5.74, 6) is 1.88. The van der Waals surface area contributed by atoms with Gasteiger partial charge in [-0.15, -0.1) is 0 Å². The molecule has 3 aliphatic rings. The van der Waals surface area contributed by atoms with Crippen LogP contribution in [-0.4, -0.2) is 12.4 Å². The van der Waals surface area contributed by atoms with E-state index in [0.29, 0.717) is 24.2 Å². The molecule has 0 aromatic heterocycles. The van der Waals surface area contributed by atoms with Crippen molar-refractivity contribution >= 4 is 17.4 Å². The zero-order valence-corrected chi connectivity index (χ0v) is 14.7. The fraction of sp³-hybridized carbons (Fsp3) is 0.650. The first-order valence-electron chi connectivity index (χ1n) is 9.24. The molecule has 1 heterocycles. The second kappa shape index (κ2) is 6.76. The third-order valence-corrected chi connectivity index (χ3v) is 6.67. The van der Waals surface area contributed by atoms with E-state index >= 15 is 0 Å². The van der Waals surface area contributed by atoms with E-state index in [1.54, 1.807) is 0 Å². The van der Waals surface area contributed by atoms with E-state index < -0.39 is 0 Å². The van der Waals surface area contributed by atoms with E-state index in [-0.39, 0.29) is 22.9 Å². The number of Topliss-reactive ketones (excluding diaryl/α,β-unsaturated/α-hetero) is 1. The third-order valence-electron chi connectivity index (χ3n) is 6.29. The molecule has 1 aromatic rings. The number of carbonyl (C=O) groups is 1. The van der Waals surface area contributed by atoms with Gasteiger partial charge < -0.3 is 4.74 Å². The molecule has 3 fully saturated rings. The molecule has 1 aliphatic heterocycles. The lowest BCUT2D eigenvalue weighted by atomic mass is 9.69. The predicted octanol–water partition coefficient (Wildman–Crippen LogP) is 5.58. The zero-order valence-electron chi connectivity index (χ0n) is 13.9. The van der Waals surface area contributed by atoms with Gasteiger partial charge in [-0.05, 0) is 61.8 Å². The summed E-state index contributed by atoms with van der Waals surface area (Å²) in [4.78, 5) is 11.4. The minimum atomic E-state index is -0.239. The summed E-state index contributed by atoms with van der Waals surface area (Å²) in [5.41, 5.74) is 1.57. The van der Waals surface area contributed by atoms with Crippen LogP contribution >= 0.6 is 11.6 Å². The number of rotatable bonds is 3. The Morgan fingerprint density at radius 3 is 2.17 bits per heavy atom. The van der Waals surface area contributed by atoms with Crippen LogP contribution in [0.15, 0.2) is 12.1 Å². The number of hydrogen-bond donors (Lipinski definition) is 0. The first kappa shape index (κ1) is 16.5. The normalized spacial score (nSPS) is 31.2. The number of ketones is 1. The molecule has 24 heavy (non-hydrogen) atoms. The summed E-state index contributed by atoms with van der Waals surface area (Å²) in [5, 5.41) is 0.253. The highest BCUT2D eigenvalue weighted by molar-refractivity contribution is 6.31. The van der Waals surface area contributed by atoms with Crippen molar-refractivity contribution in [3.8, 4) is 0 Å². The quantitative estimate of drug-likeness (QED) is 0.665. The Kier molecular flexibility index (Phi) is 4.66. The van der Waals surface area contributed by atoms with Crippen molar-refractivity contribution < 1.29 is 13.9 Å². The van der Waals surface area contributed by atoms with Crippen molar-refractivity contribution in [2.24, 2.45) is 11.8 Å². The van der Waals surface area contributed by atoms with Crippen LogP contribution in [0.25, 0.3) is 0 Å². The van der Waals surface area contributed by atoms with Crippen LogP contribution in [0.2, 0.25) is 5.02 Å². The monoisotopic (exact) mass is 350 g/mol. The minimum Gasteiger partial charge on any atom is -0.368 e. The highest BCUT2D eigenvalue weighted by atomic mass is 35.5. The van der Waals surface area contributed by atoms with Gasteiger partial charge in [0.05, 0.1) is 11.6 Å². The molecule has 130 valence electrons. The lowest BCUT2D eigenvalue weighted by Gasteiger charge is -2.35. The van der Waals surface area contributed by atoms with Gasteiger partial charge in [0.15, 0.2) is 0 Å². The van der Waals surface area contributed by atoms with Gasteiger partial charge in [-0.25, -0.2) is 4.39 Å². The minimum absolute atomic E-state index is 0.00852. The van der Waals surface area contributed by atoms with Crippen LogP contribution in [0.1, 0.15) is 74.5 Å². The third kappa shape index (κ3) is 3.25. The molecule has 0 N–H and O–H groups in total. The van der Waals surface area contributed by atoms with Crippen LogP contribution in [0, 0.1) is 17.7 Å². The number of benzene rings is 1. The van der Waals surface area contributed by atoms with Crippen molar-refractivity contribution in [2.75, 3.05) is 6.61 Å². The van der Waals surface area contributed by atoms with Gasteiger partial charge in [0.1, 0.15) is 17.7 Å². The Bertz CT molecular complexity index is 623. The molecule has 1 atom stereocenters. The van der Waals surface area contributed by atoms with Crippen LogP contribution in [-0.2, 0) is 9.53 Å². The first-order valence-corrected chi connectivity index (χ1v) is 9.62. The maximum atomic E-state index is 14.7. The Morgan fingerprint density at radius 1 is 0.958 bits per heavy atom. The number of carbonyl (C=O) groups excluding carboxylic acids is 1. The van der Waals surface area contributed by atoms with Crippen LogP contribution in [0.4, 0.5) is 4.39 Å². The van der Waals surface area contributed by atoms with Gasteiger partial charge in [0.2, 0.25) is 0 Å². The molecule has 0 radical (unpaired) electrons. The van der Waals surface area contributed by atoms with Crippen molar-refractivity contribution in [1.29, 1.82) is 0 Å². The molecule has 4 heteroatoms. The average molecular weight is 351 g/mol. The second-order valence-electron chi connectivity index (χ2n) is 7.68. The number of halogens is 2. The standard InChI is InChI=1S/C20H24ClFO2/c21-19-17(18-11-24-18)10-9-16(20(19)22)14-3-1-12(2-4-14)13-5-7-15(23)8-6-13/h9-10,12-14,18H,1-8,11H2. The van der Waals surface area contributed by atoms with Crippen molar-refractivity contribution in [3.63, 3.8) is 0 Å². The van der Waals surface area contributed by atoms with Gasteiger partial charge in [0.25, 0.3) is 0 Å². The van der Waals surface area contributed by atoms with E-state index in [1.807, 2.05) is 12.1 Å². The molecule has 2 aliphatic carbocycles. The molecule has 4 rings (SSSR count). The average Bonchev–Trinajstić information content (AvgIpc) is 3.43. The maximum Gasteiger partial charge on any atom is 0.145 e. The second-order valence-corrected chi connectivity index (χ2v) is 8.06. The summed E-state index contributed by atoms with van der Waals surface area (Å²) in [6.45, 7) is 0.646. The Hall–Kier alpha value is -0.930. The molecule has 1 saturated heterocycles. The summed E-state index contributed by atoms with van der Waals surface area (Å²) >= 11 is 6.23. The number of epoxide rings is 1. The van der Waals surface area contributed by atoms with E-state index in [0.717, 1.165) is 62.5 Å². The largest absolute Gasteiger partial charge is 0.368 e. The molecule has 0 amide bonds. The van der Waals surface area contributed by atoms with Gasteiger partial charge >= 0.3 is 0 Å². The molecule has 1 unspecified atom stereocenters. The summed E-state index contributed by atoms with van der Waals surface area (Å²) in [7, 11) is 0. The van der Waals surface area contributed by atoms with Crippen LogP contribution in [0.5, 0.6) is 0 Å². The molecule has 2 nitrogen and oxygen atoms in total. The van der Waals surface area contributed by atoms with Crippen molar-refractivity contribution in [2.45, 2.75) is 63.4 Å². The lowest BCUT2D eigenvalue weighted by Crippen LogP contribution is -2.25. The van der Waals surface area contributed by atoms with Crippen molar-refractivity contribution in [1.82, 2.24) is 0 Å². The van der Waals surface area contributed by atoms with Gasteiger partial charge in [-0.1, -0.05) is 23.7 Å². The van der Waals surface area contributed by atoms with Gasteiger partial charge in [-0.3, -0.25) is 4.79 Å². The Balaban J connectivity index is 1.40. The predicted molar refractivity (Wildman–Crippen MR) is 91.8 cm³/mol. The summed E-state index contributed by atoms with van der Waals surface area (Å²) in [6.07, 6.45) is 7.99. The fourth-order valence-corrected chi connectivity index (χ4v) is 5.00. The Labute approximate surface area is 147 Å². The molecule has 0 spiro atoms. The zero-order chi connectivity index (χ0) is 16.7. The lowest BCUT2D eigenvalue weighted by molar-refractivity contribution is -0.121. The first-order chi connectivity index (χ1) is 11.6. The molecule has 2 saturated carbocycles. The van der Waals surface area contributed by atoms with E-state index in [4.69, 9.17) is 16.3 Å². The highest BCUT2D eigenvalue weighted by Crippen LogP contribution is 2.45. The summed E-state index contributed by atoms with van der Waals surface area (Å²) in [6, 6.07) is 3.86. The number of hydrogen-bond acceptors (Lipinski definition) is 2. The van der Waals surface area contributed by atoms with E-state index in [1.165, 1.54) is 0 Å². The Morgan fingerprint density at radius 2 is 1.54 bits per heavy atom. The summed E-state index contributed by atoms with van der Waals surface area (Å²) < 4.78 is 19.9. The molecule has 0 bridgehead atoms. The van der Waals surface area contributed by atoms with Crippen LogP contribution < -0.4 is 0 Å². The van der Waals surface area contributed by atoms with Crippen molar-refractivity contribution in [3.05, 3.63) is 34.1 Å². The van der Waals surface area contributed by atoms with Gasteiger partial charge in [-0.2, -0.15) is 0 Å². The molecular formula is C20H24ClFO2. The molecule has 1 aromatic carbocycles. The topological polar surface area (TPSA) is 29.6 Å². The SMILES string of the molecule is O=C1CCC(C2CCC(c3ccc(C4CO4)c(Cl)c3F)CC2)CC1. The fourth-order valence-electron chi connectivity index (χ4n) is 4.71. The maximum absolute atomic E-state index is 14.7. The van der Waals surface area contributed by atoms with E-state index in [2.05, 4.69) is 0 Å². The smallest absolute Gasteiger partial charge is 0.145 e. The van der Waals surface area contributed by atoms with Gasteiger partial charge in [0, 0.05) is 18.4 Å². The van der Waals surface area contributed by atoms with Crippen LogP contribution in [0.3, 0.4) is 0 Å². The highest BCUT2D eigenvalue weighted by Gasteiger charge is 2.33.